The van der Waals surface area contributed by atoms with E-state index in [2.05, 4.69) is 30.3 Å². The van der Waals surface area contributed by atoms with Gasteiger partial charge >= 0.3 is 0 Å². The second-order valence-corrected chi connectivity index (χ2v) is 11.1. The third-order valence-electron chi connectivity index (χ3n) is 6.05. The fourth-order valence-corrected chi connectivity index (χ4v) is 5.66. The van der Waals surface area contributed by atoms with Crippen LogP contribution in [0.25, 0.3) is 11.3 Å². The van der Waals surface area contributed by atoms with Crippen molar-refractivity contribution in [2.45, 2.75) is 24.6 Å². The van der Waals surface area contributed by atoms with E-state index in [0.29, 0.717) is 22.8 Å². The number of ether oxygens (including phenoxy) is 1. The number of nitrogens with zero attached hydrogens (tertiary/aromatic N) is 3. The van der Waals surface area contributed by atoms with Crippen LogP contribution in [-0.2, 0) is 15.8 Å². The summed E-state index contributed by atoms with van der Waals surface area (Å²) in [7, 11) is -3.83. The molecule has 4 aromatic rings. The van der Waals surface area contributed by atoms with Crippen molar-refractivity contribution in [2.75, 3.05) is 23.1 Å². The molecule has 12 heteroatoms. The van der Waals surface area contributed by atoms with E-state index in [-0.39, 0.29) is 29.1 Å². The van der Waals surface area contributed by atoms with Gasteiger partial charge in [0.15, 0.2) is 11.6 Å². The molecular formula is C27H26ClFN6O3S. The first-order chi connectivity index (χ1) is 18.9. The summed E-state index contributed by atoms with van der Waals surface area (Å²) < 4.78 is 48.6. The fraction of sp³-hybridized carbons (Fsp3) is 0.222. The van der Waals surface area contributed by atoms with Crippen molar-refractivity contribution >= 4 is 33.3 Å². The SMILES string of the molecule is O=S(=O)(Cc1ccccc1)Nc1ccc(Oc2ncccc2-c2ccnc(NC3CCCNC3)n2)c(F)c1Cl. The first-order valence-electron chi connectivity index (χ1n) is 12.3. The zero-order chi connectivity index (χ0) is 27.2. The van der Waals surface area contributed by atoms with Crippen molar-refractivity contribution < 1.29 is 17.5 Å². The van der Waals surface area contributed by atoms with Crippen LogP contribution in [0.15, 0.2) is 73.1 Å². The minimum Gasteiger partial charge on any atom is -0.435 e. The Balaban J connectivity index is 1.35. The molecule has 1 aliphatic heterocycles. The predicted octanol–water partition coefficient (Wildman–Crippen LogP) is 5.23. The van der Waals surface area contributed by atoms with Crippen molar-refractivity contribution in [1.82, 2.24) is 20.3 Å². The van der Waals surface area contributed by atoms with E-state index in [1.165, 1.54) is 18.3 Å². The number of aromatic nitrogens is 3. The molecule has 0 bridgehead atoms. The largest absolute Gasteiger partial charge is 0.435 e. The van der Waals surface area contributed by atoms with Gasteiger partial charge in [0.2, 0.25) is 21.9 Å². The highest BCUT2D eigenvalue weighted by atomic mass is 35.5. The van der Waals surface area contributed by atoms with Gasteiger partial charge in [0.25, 0.3) is 0 Å². The van der Waals surface area contributed by atoms with Gasteiger partial charge in [-0.15, -0.1) is 0 Å². The molecule has 2 aromatic carbocycles. The van der Waals surface area contributed by atoms with Crippen LogP contribution < -0.4 is 20.1 Å². The standard InChI is InChI=1S/C27H26ClFN6O3S/c28-24-22(35-39(36,37)17-18-6-2-1-3-7-18)10-11-23(25(24)29)38-26-20(9-5-14-31-26)21-12-15-32-27(34-21)33-19-8-4-13-30-16-19/h1-3,5-7,9-12,14-15,19,30,35H,4,8,13,16-17H2,(H,32,33,34). The van der Waals surface area contributed by atoms with Gasteiger partial charge < -0.3 is 15.4 Å². The molecule has 5 rings (SSSR count). The van der Waals surface area contributed by atoms with Crippen LogP contribution in [0.1, 0.15) is 18.4 Å². The number of piperidine rings is 1. The molecule has 202 valence electrons. The van der Waals surface area contributed by atoms with Gasteiger partial charge in [-0.05, 0) is 55.3 Å². The maximum Gasteiger partial charge on any atom is 0.236 e. The Kier molecular flexibility index (Phi) is 8.20. The lowest BCUT2D eigenvalue weighted by Crippen LogP contribution is -2.38. The van der Waals surface area contributed by atoms with Crippen molar-refractivity contribution in [3.8, 4) is 22.9 Å². The second-order valence-electron chi connectivity index (χ2n) is 9.00. The van der Waals surface area contributed by atoms with Gasteiger partial charge in [0, 0.05) is 25.0 Å². The van der Waals surface area contributed by atoms with Gasteiger partial charge in [-0.2, -0.15) is 0 Å². The van der Waals surface area contributed by atoms with Crippen molar-refractivity contribution in [3.63, 3.8) is 0 Å². The monoisotopic (exact) mass is 568 g/mol. The summed E-state index contributed by atoms with van der Waals surface area (Å²) in [6, 6.07) is 16.7. The van der Waals surface area contributed by atoms with Crippen molar-refractivity contribution in [1.29, 1.82) is 0 Å². The minimum absolute atomic E-state index is 0.0950. The van der Waals surface area contributed by atoms with Gasteiger partial charge in [-0.1, -0.05) is 41.9 Å². The number of anilines is 2. The first-order valence-corrected chi connectivity index (χ1v) is 14.4. The zero-order valence-corrected chi connectivity index (χ0v) is 22.3. The first kappa shape index (κ1) is 26.8. The van der Waals surface area contributed by atoms with Crippen LogP contribution in [0, 0.1) is 5.82 Å². The zero-order valence-electron chi connectivity index (χ0n) is 20.8. The van der Waals surface area contributed by atoms with Crippen LogP contribution in [0.2, 0.25) is 5.02 Å². The number of hydrogen-bond acceptors (Lipinski definition) is 8. The molecule has 0 radical (unpaired) electrons. The van der Waals surface area contributed by atoms with E-state index in [9.17, 15) is 8.42 Å². The van der Waals surface area contributed by atoms with E-state index >= 15 is 4.39 Å². The highest BCUT2D eigenvalue weighted by Gasteiger charge is 2.21. The summed E-state index contributed by atoms with van der Waals surface area (Å²) in [5.41, 5.74) is 1.55. The molecule has 9 nitrogen and oxygen atoms in total. The van der Waals surface area contributed by atoms with Gasteiger partial charge in [-0.25, -0.2) is 27.8 Å². The number of halogens is 2. The topological polar surface area (TPSA) is 118 Å². The summed E-state index contributed by atoms with van der Waals surface area (Å²) in [5, 5.41) is 6.26. The molecular weight excluding hydrogens is 543 g/mol. The molecule has 0 aliphatic carbocycles. The summed E-state index contributed by atoms with van der Waals surface area (Å²) in [5.74, 6) is -0.852. The maximum absolute atomic E-state index is 15.2. The summed E-state index contributed by atoms with van der Waals surface area (Å²) in [4.78, 5) is 13.2. The lowest BCUT2D eigenvalue weighted by molar-refractivity contribution is 0.429. The van der Waals surface area contributed by atoms with Crippen LogP contribution in [-0.4, -0.2) is 42.5 Å². The number of sulfonamides is 1. The van der Waals surface area contributed by atoms with Gasteiger partial charge in [-0.3, -0.25) is 4.72 Å². The molecule has 3 N–H and O–H groups in total. The van der Waals surface area contributed by atoms with E-state index in [4.69, 9.17) is 16.3 Å². The summed E-state index contributed by atoms with van der Waals surface area (Å²) in [6.07, 6.45) is 5.23. The number of benzene rings is 2. The second kappa shape index (κ2) is 11.9. The Bertz CT molecular complexity index is 1550. The molecule has 1 aliphatic rings. The molecule has 3 heterocycles. The van der Waals surface area contributed by atoms with E-state index in [0.717, 1.165) is 25.9 Å². The molecule has 2 aromatic heterocycles. The quantitative estimate of drug-likeness (QED) is 0.251. The minimum atomic E-state index is -3.83. The average Bonchev–Trinajstić information content (AvgIpc) is 2.94. The molecule has 1 saturated heterocycles. The third kappa shape index (κ3) is 6.80. The Hall–Kier alpha value is -3.80. The smallest absolute Gasteiger partial charge is 0.236 e. The molecule has 0 spiro atoms. The van der Waals surface area contributed by atoms with Crippen LogP contribution in [0.5, 0.6) is 11.6 Å². The Labute approximate surface area is 230 Å². The average molecular weight is 569 g/mol. The van der Waals surface area contributed by atoms with Crippen molar-refractivity contribution in [2.24, 2.45) is 0 Å². The Morgan fingerprint density at radius 1 is 1.05 bits per heavy atom. The number of rotatable bonds is 9. The van der Waals surface area contributed by atoms with Gasteiger partial charge in [0.1, 0.15) is 5.02 Å². The Morgan fingerprint density at radius 3 is 2.69 bits per heavy atom. The van der Waals surface area contributed by atoms with Crippen LogP contribution >= 0.6 is 11.6 Å². The molecule has 39 heavy (non-hydrogen) atoms. The molecule has 0 amide bonds. The van der Waals surface area contributed by atoms with Crippen LogP contribution in [0.4, 0.5) is 16.0 Å². The predicted molar refractivity (Wildman–Crippen MR) is 149 cm³/mol. The molecule has 1 fully saturated rings. The summed E-state index contributed by atoms with van der Waals surface area (Å²) >= 11 is 6.21. The molecule has 1 atom stereocenters. The summed E-state index contributed by atoms with van der Waals surface area (Å²) in [6.45, 7) is 1.82. The van der Waals surface area contributed by atoms with E-state index in [1.54, 1.807) is 54.7 Å². The third-order valence-corrected chi connectivity index (χ3v) is 7.67. The maximum atomic E-state index is 15.2. The van der Waals surface area contributed by atoms with Crippen LogP contribution in [0.3, 0.4) is 0 Å². The lowest BCUT2D eigenvalue weighted by Gasteiger charge is -2.23. The Morgan fingerprint density at radius 2 is 1.90 bits per heavy atom. The fourth-order valence-electron chi connectivity index (χ4n) is 4.19. The van der Waals surface area contributed by atoms with E-state index < -0.39 is 20.9 Å². The molecule has 0 saturated carbocycles. The van der Waals surface area contributed by atoms with E-state index in [1.807, 2.05) is 0 Å². The number of hydrogen-bond donors (Lipinski definition) is 3. The highest BCUT2D eigenvalue weighted by molar-refractivity contribution is 7.91. The molecule has 1 unspecified atom stereocenters. The number of nitrogens with one attached hydrogen (secondary N) is 3. The van der Waals surface area contributed by atoms with Crippen molar-refractivity contribution in [3.05, 3.63) is 89.5 Å². The highest BCUT2D eigenvalue weighted by Crippen LogP contribution is 2.37. The normalized spacial score (nSPS) is 15.5. The van der Waals surface area contributed by atoms with Gasteiger partial charge in [0.05, 0.1) is 22.7 Å². The lowest BCUT2D eigenvalue weighted by atomic mass is 10.1. The number of pyridine rings is 1.